The van der Waals surface area contributed by atoms with Crippen LogP contribution in [0.3, 0.4) is 0 Å². The predicted molar refractivity (Wildman–Crippen MR) is 93.4 cm³/mol. The van der Waals surface area contributed by atoms with Crippen LogP contribution in [0.2, 0.25) is 0 Å². The monoisotopic (exact) mass is 309 g/mol. The topological polar surface area (TPSA) is 0 Å². The van der Waals surface area contributed by atoms with Crippen molar-refractivity contribution in [2.24, 2.45) is 5.92 Å². The summed E-state index contributed by atoms with van der Waals surface area (Å²) in [5.41, 5.74) is 0. The normalized spacial score (nSPS) is 12.3. The van der Waals surface area contributed by atoms with Gasteiger partial charge in [-0.2, -0.15) is 33.6 Å². The van der Waals surface area contributed by atoms with Gasteiger partial charge in [0.05, 0.1) is 0 Å². The smallest absolute Gasteiger partial charge is 0.335 e. The van der Waals surface area contributed by atoms with Crippen molar-refractivity contribution in [3.63, 3.8) is 0 Å². The van der Waals surface area contributed by atoms with Crippen LogP contribution in [0, 0.1) is 18.3 Å². The van der Waals surface area contributed by atoms with Crippen molar-refractivity contribution in [2.75, 3.05) is 0 Å². The quantitative estimate of drug-likeness (QED) is 0.524. The SMILES string of the molecule is C1CCCC1.CC.CC[C-](C)CCC(C)C.C[CH-]C.[K+]. The summed E-state index contributed by atoms with van der Waals surface area (Å²) >= 11 is 0. The molecule has 0 nitrogen and oxygen atoms in total. The molecule has 0 spiro atoms. The van der Waals surface area contributed by atoms with Crippen LogP contribution >= 0.6 is 0 Å². The summed E-state index contributed by atoms with van der Waals surface area (Å²) in [5, 5.41) is 0. The first-order chi connectivity index (χ1) is 9.08. The van der Waals surface area contributed by atoms with E-state index >= 15 is 0 Å². The average Bonchev–Trinajstić information content (AvgIpc) is 2.98. The first-order valence-electron chi connectivity index (χ1n) is 8.63. The zero-order valence-electron chi connectivity index (χ0n) is 16.3. The van der Waals surface area contributed by atoms with Gasteiger partial charge in [-0.3, -0.25) is 0 Å². The molecule has 0 heterocycles. The van der Waals surface area contributed by atoms with E-state index in [0.29, 0.717) is 0 Å². The summed E-state index contributed by atoms with van der Waals surface area (Å²) in [7, 11) is 0. The zero-order chi connectivity index (χ0) is 15.5. The van der Waals surface area contributed by atoms with Gasteiger partial charge in [0.25, 0.3) is 0 Å². The molecular formula is C19H42K-. The molecule has 1 rings (SSSR count). The second kappa shape index (κ2) is 28.8. The van der Waals surface area contributed by atoms with E-state index in [0.717, 1.165) is 5.92 Å². The Morgan fingerprint density at radius 1 is 0.950 bits per heavy atom. The molecule has 0 amide bonds. The Kier molecular flexibility index (Phi) is 42.6. The van der Waals surface area contributed by atoms with Crippen LogP contribution in [-0.4, -0.2) is 0 Å². The van der Waals surface area contributed by atoms with Crippen molar-refractivity contribution in [2.45, 2.75) is 107 Å². The fourth-order valence-electron chi connectivity index (χ4n) is 1.60. The molecule has 20 heavy (non-hydrogen) atoms. The molecule has 120 valence electrons. The third-order valence-corrected chi connectivity index (χ3v) is 3.00. The van der Waals surface area contributed by atoms with Gasteiger partial charge in [0.1, 0.15) is 0 Å². The minimum atomic E-state index is 0. The van der Waals surface area contributed by atoms with Gasteiger partial charge in [-0.1, -0.05) is 73.1 Å². The molecule has 0 unspecified atom stereocenters. The van der Waals surface area contributed by atoms with E-state index < -0.39 is 0 Å². The van der Waals surface area contributed by atoms with E-state index in [1.165, 1.54) is 51.4 Å². The van der Waals surface area contributed by atoms with Crippen molar-refractivity contribution in [3.05, 3.63) is 12.3 Å². The molecule has 1 saturated carbocycles. The molecule has 0 aromatic heterocycles. The molecule has 0 aromatic carbocycles. The maximum Gasteiger partial charge on any atom is 1.00 e. The molecule has 0 aliphatic heterocycles. The molecule has 0 bridgehead atoms. The van der Waals surface area contributed by atoms with Crippen LogP contribution in [0.25, 0.3) is 0 Å². The maximum atomic E-state index is 2.28. The van der Waals surface area contributed by atoms with Crippen LogP contribution in [0.15, 0.2) is 0 Å². The standard InChI is InChI=1S/C9H19.C5H10.C3H7.C2H6.K/c1-5-9(4)7-6-8(2)3;1-2-4-5-3-1;1-3-2;1-2;/h8H,5-7H2,1-4H3;1-5H2;3H,1-2H3;1-2H3;/q-1;;-1;;+1. The summed E-state index contributed by atoms with van der Waals surface area (Å²) in [5.74, 6) is 2.51. The second-order valence-corrected chi connectivity index (χ2v) is 5.59. The van der Waals surface area contributed by atoms with Gasteiger partial charge in [-0.05, 0) is 5.92 Å². The van der Waals surface area contributed by atoms with E-state index in [1.54, 1.807) is 5.92 Å². The van der Waals surface area contributed by atoms with E-state index in [-0.39, 0.29) is 51.4 Å². The van der Waals surface area contributed by atoms with Crippen LogP contribution in [-0.2, 0) is 0 Å². The van der Waals surface area contributed by atoms with Crippen molar-refractivity contribution in [1.82, 2.24) is 0 Å². The van der Waals surface area contributed by atoms with Gasteiger partial charge < -0.3 is 12.3 Å². The maximum absolute atomic E-state index is 2.28. The Bertz CT molecular complexity index is 109. The minimum Gasteiger partial charge on any atom is -0.335 e. The van der Waals surface area contributed by atoms with Gasteiger partial charge in [0, 0.05) is 0 Å². The predicted octanol–water partition coefficient (Wildman–Crippen LogP) is 4.64. The summed E-state index contributed by atoms with van der Waals surface area (Å²) < 4.78 is 0. The van der Waals surface area contributed by atoms with Gasteiger partial charge in [-0.25, -0.2) is 0 Å². The first kappa shape index (κ1) is 29.6. The number of rotatable bonds is 4. The Balaban J connectivity index is -0.0000000987. The molecule has 1 aliphatic carbocycles. The second-order valence-electron chi connectivity index (χ2n) is 5.59. The molecule has 0 N–H and O–H groups in total. The van der Waals surface area contributed by atoms with Gasteiger partial charge >= 0.3 is 51.4 Å². The van der Waals surface area contributed by atoms with Gasteiger partial charge in [0.15, 0.2) is 0 Å². The van der Waals surface area contributed by atoms with E-state index in [2.05, 4.69) is 27.7 Å². The van der Waals surface area contributed by atoms with E-state index in [1.807, 2.05) is 34.1 Å². The third kappa shape index (κ3) is 36.7. The molecule has 0 atom stereocenters. The van der Waals surface area contributed by atoms with Crippen LogP contribution < -0.4 is 51.4 Å². The molecular weight excluding hydrogens is 267 g/mol. The third-order valence-electron chi connectivity index (χ3n) is 3.00. The van der Waals surface area contributed by atoms with Crippen LogP contribution in [0.4, 0.5) is 0 Å². The number of hydrogen-bond donors (Lipinski definition) is 0. The van der Waals surface area contributed by atoms with Crippen molar-refractivity contribution < 1.29 is 51.4 Å². The Labute approximate surface area is 174 Å². The summed E-state index contributed by atoms with van der Waals surface area (Å²) in [4.78, 5) is 0. The molecule has 1 fully saturated rings. The number of hydrogen-bond acceptors (Lipinski definition) is 0. The molecule has 1 heteroatoms. The molecule has 0 aromatic rings. The van der Waals surface area contributed by atoms with E-state index in [9.17, 15) is 0 Å². The van der Waals surface area contributed by atoms with Gasteiger partial charge in [-0.15, -0.1) is 0 Å². The largest absolute Gasteiger partial charge is 1.00 e. The van der Waals surface area contributed by atoms with Crippen molar-refractivity contribution >= 4 is 0 Å². The molecule has 1 aliphatic rings. The van der Waals surface area contributed by atoms with Crippen LogP contribution in [0.5, 0.6) is 0 Å². The minimum absolute atomic E-state index is 0. The van der Waals surface area contributed by atoms with Crippen molar-refractivity contribution in [1.29, 1.82) is 0 Å². The Hall–Kier alpha value is 1.64. The Morgan fingerprint density at radius 3 is 1.45 bits per heavy atom. The summed E-state index contributed by atoms with van der Waals surface area (Å²) in [6.07, 6.45) is 13.4. The molecule has 0 saturated heterocycles. The van der Waals surface area contributed by atoms with E-state index in [4.69, 9.17) is 0 Å². The summed E-state index contributed by atoms with van der Waals surface area (Å²) in [6.45, 7) is 17.0. The average molecular weight is 310 g/mol. The fourth-order valence-corrected chi connectivity index (χ4v) is 1.60. The Morgan fingerprint density at radius 2 is 1.25 bits per heavy atom. The fraction of sp³-hybridized carbons (Fsp3) is 0.895. The zero-order valence-corrected chi connectivity index (χ0v) is 19.4. The van der Waals surface area contributed by atoms with Gasteiger partial charge in [0.2, 0.25) is 0 Å². The first-order valence-corrected chi connectivity index (χ1v) is 8.63. The van der Waals surface area contributed by atoms with Crippen molar-refractivity contribution in [3.8, 4) is 0 Å². The summed E-state index contributed by atoms with van der Waals surface area (Å²) in [6, 6.07) is 0. The molecule has 0 radical (unpaired) electrons. The van der Waals surface area contributed by atoms with Crippen LogP contribution in [0.1, 0.15) is 107 Å².